The van der Waals surface area contributed by atoms with Gasteiger partial charge in [-0.3, -0.25) is 0 Å². The largest absolute Gasteiger partial charge is 0.145 e. The second kappa shape index (κ2) is 1.40. The quantitative estimate of drug-likeness (QED) is 0.387. The zero-order chi connectivity index (χ0) is 4.24. The first-order chi connectivity index (χ1) is 3.00. The van der Waals surface area contributed by atoms with Gasteiger partial charge in [0.2, 0.25) is 0 Å². The van der Waals surface area contributed by atoms with E-state index in [1.54, 1.807) is 0 Å². The molecule has 0 bridgehead atoms. The number of hydrogen-bond donors (Lipinski definition) is 0. The van der Waals surface area contributed by atoms with E-state index in [0.717, 1.165) is 0 Å². The third kappa shape index (κ3) is 0.453. The summed E-state index contributed by atoms with van der Waals surface area (Å²) >= 11 is 0. The molecule has 6 heavy (non-hydrogen) atoms. The SMILES string of the molecule is C1=NOON=C1. The molecule has 1 heterocycles. The summed E-state index contributed by atoms with van der Waals surface area (Å²) in [4.78, 5) is 7.88. The fourth-order valence-corrected chi connectivity index (χ4v) is 0.143. The minimum absolute atomic E-state index is 1.38. The van der Waals surface area contributed by atoms with Crippen LogP contribution in [0.5, 0.6) is 0 Å². The Bertz CT molecular complexity index is 75.5. The normalized spacial score (nSPS) is 16.0. The van der Waals surface area contributed by atoms with E-state index < -0.39 is 0 Å². The van der Waals surface area contributed by atoms with Gasteiger partial charge >= 0.3 is 0 Å². The van der Waals surface area contributed by atoms with Crippen molar-refractivity contribution in [2.24, 2.45) is 10.3 Å². The average molecular weight is 86.0 g/mol. The Morgan fingerprint density at radius 2 is 1.50 bits per heavy atom. The Balaban J connectivity index is 2.46. The van der Waals surface area contributed by atoms with Crippen LogP contribution >= 0.6 is 0 Å². The topological polar surface area (TPSA) is 43.2 Å². The maximum absolute atomic E-state index is 3.94. The number of hydrogen-bond acceptors (Lipinski definition) is 4. The number of nitrogens with zero attached hydrogens (tertiary/aromatic N) is 2. The molecule has 0 aromatic rings. The van der Waals surface area contributed by atoms with Crippen LogP contribution in [0.4, 0.5) is 0 Å². The molecule has 0 fully saturated rings. The van der Waals surface area contributed by atoms with Crippen molar-refractivity contribution in [1.29, 1.82) is 0 Å². The van der Waals surface area contributed by atoms with E-state index in [4.69, 9.17) is 0 Å². The monoisotopic (exact) mass is 86.0 g/mol. The fourth-order valence-electron chi connectivity index (χ4n) is 0.143. The highest BCUT2D eigenvalue weighted by Crippen LogP contribution is 1.80. The predicted octanol–water partition coefficient (Wildman–Crippen LogP) is -0.0802. The van der Waals surface area contributed by atoms with Crippen LogP contribution in [0.2, 0.25) is 0 Å². The maximum Gasteiger partial charge on any atom is 0.0933 e. The van der Waals surface area contributed by atoms with E-state index in [1.807, 2.05) is 0 Å². The van der Waals surface area contributed by atoms with Crippen LogP contribution in [0.1, 0.15) is 0 Å². The first-order valence-electron chi connectivity index (χ1n) is 1.38. The molecule has 4 heteroatoms. The highest BCUT2D eigenvalue weighted by atomic mass is 17.3. The van der Waals surface area contributed by atoms with Crippen molar-refractivity contribution in [2.45, 2.75) is 0 Å². The van der Waals surface area contributed by atoms with E-state index in [0.29, 0.717) is 0 Å². The van der Waals surface area contributed by atoms with Crippen molar-refractivity contribution >= 4 is 12.4 Å². The molecule has 0 aliphatic carbocycles. The lowest BCUT2D eigenvalue weighted by atomic mass is 10.8. The zero-order valence-corrected chi connectivity index (χ0v) is 2.87. The minimum atomic E-state index is 1.38. The van der Waals surface area contributed by atoms with E-state index in [1.165, 1.54) is 12.4 Å². The summed E-state index contributed by atoms with van der Waals surface area (Å²) in [6, 6.07) is 0. The van der Waals surface area contributed by atoms with E-state index >= 15 is 0 Å². The van der Waals surface area contributed by atoms with Crippen molar-refractivity contribution in [3.8, 4) is 0 Å². The predicted molar refractivity (Wildman–Crippen MR) is 19.2 cm³/mol. The maximum atomic E-state index is 3.94. The summed E-state index contributed by atoms with van der Waals surface area (Å²) in [5.74, 6) is 0. The summed E-state index contributed by atoms with van der Waals surface area (Å²) in [5.41, 5.74) is 0. The van der Waals surface area contributed by atoms with Gasteiger partial charge in [0.05, 0.1) is 12.4 Å². The van der Waals surface area contributed by atoms with Gasteiger partial charge in [0.25, 0.3) is 0 Å². The van der Waals surface area contributed by atoms with Gasteiger partial charge in [-0.1, -0.05) is 0 Å². The number of rotatable bonds is 0. The molecule has 0 unspecified atom stereocenters. The van der Waals surface area contributed by atoms with Gasteiger partial charge in [-0.2, -0.15) is 0 Å². The lowest BCUT2D eigenvalue weighted by Crippen LogP contribution is -1.88. The molecule has 1 aliphatic rings. The fraction of sp³-hybridized carbons (Fsp3) is 0. The highest BCUT2D eigenvalue weighted by molar-refractivity contribution is 6.15. The molecule has 4 nitrogen and oxygen atoms in total. The molecule has 0 saturated carbocycles. The van der Waals surface area contributed by atoms with Gasteiger partial charge in [-0.05, 0) is 10.3 Å². The van der Waals surface area contributed by atoms with Crippen LogP contribution in [-0.2, 0) is 9.98 Å². The molecule has 0 N–H and O–H groups in total. The van der Waals surface area contributed by atoms with Gasteiger partial charge in [0.1, 0.15) is 0 Å². The van der Waals surface area contributed by atoms with Crippen LogP contribution in [0.15, 0.2) is 10.3 Å². The van der Waals surface area contributed by atoms with Crippen LogP contribution in [-0.4, -0.2) is 12.4 Å². The average Bonchev–Trinajstić information content (AvgIpc) is 1.72. The lowest BCUT2D eigenvalue weighted by molar-refractivity contribution is -0.298. The summed E-state index contributed by atoms with van der Waals surface area (Å²) in [7, 11) is 0. The van der Waals surface area contributed by atoms with Crippen LogP contribution in [0.25, 0.3) is 0 Å². The highest BCUT2D eigenvalue weighted by Gasteiger charge is 1.78. The Morgan fingerprint density at radius 3 is 1.67 bits per heavy atom. The zero-order valence-electron chi connectivity index (χ0n) is 2.87. The van der Waals surface area contributed by atoms with Crippen molar-refractivity contribution in [1.82, 2.24) is 0 Å². The lowest BCUT2D eigenvalue weighted by Gasteiger charge is -1.89. The molecule has 1 rings (SSSR count). The van der Waals surface area contributed by atoms with Gasteiger partial charge < -0.3 is 0 Å². The standard InChI is InChI=1S/C2H2N2O2/c1-2-4-6-5-3-1/h1-2H. The molecule has 0 amide bonds. The Labute approximate surface area is 34.0 Å². The molecule has 0 aromatic carbocycles. The molecule has 0 atom stereocenters. The van der Waals surface area contributed by atoms with Crippen LogP contribution < -0.4 is 0 Å². The first kappa shape index (κ1) is 3.14. The van der Waals surface area contributed by atoms with Gasteiger partial charge in [-0.15, -0.1) is 9.98 Å². The van der Waals surface area contributed by atoms with Gasteiger partial charge in [0, 0.05) is 0 Å². The van der Waals surface area contributed by atoms with E-state index in [-0.39, 0.29) is 0 Å². The third-order valence-electron chi connectivity index (χ3n) is 0.308. The second-order valence-corrected chi connectivity index (χ2v) is 0.658. The Morgan fingerprint density at radius 1 is 1.00 bits per heavy atom. The van der Waals surface area contributed by atoms with Crippen LogP contribution in [0, 0.1) is 0 Å². The Hall–Kier alpha value is -1.06. The summed E-state index contributed by atoms with van der Waals surface area (Å²) in [6.45, 7) is 0. The van der Waals surface area contributed by atoms with Crippen LogP contribution in [0.3, 0.4) is 0 Å². The molecule has 1 aliphatic heterocycles. The summed E-state index contributed by atoms with van der Waals surface area (Å²) in [6.07, 6.45) is 2.76. The molecule has 32 valence electrons. The van der Waals surface area contributed by atoms with E-state index in [2.05, 4.69) is 20.3 Å². The summed E-state index contributed by atoms with van der Waals surface area (Å²) in [5, 5.41) is 6.36. The molecule has 0 saturated heterocycles. The van der Waals surface area contributed by atoms with Crippen molar-refractivity contribution in [2.75, 3.05) is 0 Å². The second-order valence-electron chi connectivity index (χ2n) is 0.658. The smallest absolute Gasteiger partial charge is 0.0933 e. The first-order valence-corrected chi connectivity index (χ1v) is 1.38. The molecular weight excluding hydrogens is 84.0 g/mol. The van der Waals surface area contributed by atoms with Crippen molar-refractivity contribution < 1.29 is 9.98 Å². The van der Waals surface area contributed by atoms with E-state index in [9.17, 15) is 0 Å². The van der Waals surface area contributed by atoms with Gasteiger partial charge in [0.15, 0.2) is 0 Å². The third-order valence-corrected chi connectivity index (χ3v) is 0.308. The molecular formula is C2H2N2O2. The number of oxime groups is 2. The summed E-state index contributed by atoms with van der Waals surface area (Å²) < 4.78 is 0. The van der Waals surface area contributed by atoms with Gasteiger partial charge in [-0.25, -0.2) is 0 Å². The van der Waals surface area contributed by atoms with Crippen molar-refractivity contribution in [3.05, 3.63) is 0 Å². The minimum Gasteiger partial charge on any atom is -0.145 e. The Kier molecular flexibility index (Phi) is 0.731. The molecule has 0 spiro atoms. The molecule has 0 radical (unpaired) electrons. The molecule has 0 aromatic heterocycles. The van der Waals surface area contributed by atoms with Crippen molar-refractivity contribution in [3.63, 3.8) is 0 Å².